The van der Waals surface area contributed by atoms with Gasteiger partial charge in [0.1, 0.15) is 17.5 Å². The zero-order chi connectivity index (χ0) is 35.7. The molecule has 256 valence electrons. The summed E-state index contributed by atoms with van der Waals surface area (Å²) >= 11 is 0. The van der Waals surface area contributed by atoms with Gasteiger partial charge in [-0.2, -0.15) is 0 Å². The predicted molar refractivity (Wildman–Crippen MR) is 199 cm³/mol. The van der Waals surface area contributed by atoms with Gasteiger partial charge in [0.2, 0.25) is 0 Å². The van der Waals surface area contributed by atoms with Gasteiger partial charge in [0.25, 0.3) is 0 Å². The number of hydrogen-bond acceptors (Lipinski definition) is 6. The third-order valence-electron chi connectivity index (χ3n) is 8.87. The van der Waals surface area contributed by atoms with Gasteiger partial charge in [0.15, 0.2) is 0 Å². The molecule has 6 heteroatoms. The van der Waals surface area contributed by atoms with Gasteiger partial charge >= 0.3 is 0 Å². The van der Waals surface area contributed by atoms with Crippen molar-refractivity contribution in [1.82, 2.24) is 15.3 Å². The van der Waals surface area contributed by atoms with Crippen LogP contribution in [0.1, 0.15) is 140 Å². The Morgan fingerprint density at radius 3 is 1.71 bits per heavy atom. The van der Waals surface area contributed by atoms with E-state index < -0.39 is 12.1 Å². The lowest BCUT2D eigenvalue weighted by atomic mass is 9.77. The first-order valence-electron chi connectivity index (χ1n) is 17.0. The highest BCUT2D eigenvalue weighted by atomic mass is 16.3. The molecule has 2 aromatic carbocycles. The van der Waals surface area contributed by atoms with E-state index in [0.717, 1.165) is 39.2 Å². The van der Waals surface area contributed by atoms with Crippen molar-refractivity contribution in [3.63, 3.8) is 0 Å². The SMILES string of the molecule is CC(C)(C)c1cc(C=N[C@H](c2ccccn2)[C@@H](NCc2ccccn2)c2cc(C(C)(C)C)cc(C(C)(C)C)c2O)c(O)c(C(C)(C)C)c1. The van der Waals surface area contributed by atoms with E-state index in [2.05, 4.69) is 112 Å². The van der Waals surface area contributed by atoms with Gasteiger partial charge in [-0.1, -0.05) is 107 Å². The predicted octanol–water partition coefficient (Wildman–Crippen LogP) is 9.77. The molecule has 0 saturated heterocycles. The molecule has 0 aliphatic carbocycles. The number of pyridine rings is 2. The zero-order valence-electron chi connectivity index (χ0n) is 31.1. The molecule has 0 fully saturated rings. The van der Waals surface area contributed by atoms with Crippen LogP contribution in [0.3, 0.4) is 0 Å². The van der Waals surface area contributed by atoms with E-state index in [1.54, 1.807) is 18.6 Å². The van der Waals surface area contributed by atoms with Crippen LogP contribution in [0, 0.1) is 0 Å². The summed E-state index contributed by atoms with van der Waals surface area (Å²) in [6.45, 7) is 26.3. The Balaban J connectivity index is 2.00. The molecular weight excluding hydrogens is 592 g/mol. The van der Waals surface area contributed by atoms with E-state index in [4.69, 9.17) is 9.98 Å². The number of phenols is 2. The monoisotopic (exact) mass is 648 g/mol. The number of aromatic nitrogens is 2. The Morgan fingerprint density at radius 2 is 1.21 bits per heavy atom. The van der Waals surface area contributed by atoms with Crippen LogP contribution in [0.4, 0.5) is 0 Å². The third kappa shape index (κ3) is 8.70. The van der Waals surface area contributed by atoms with Gasteiger partial charge in [-0.05, 0) is 74.7 Å². The van der Waals surface area contributed by atoms with Crippen molar-refractivity contribution < 1.29 is 10.2 Å². The molecule has 0 spiro atoms. The van der Waals surface area contributed by atoms with Gasteiger partial charge in [-0.25, -0.2) is 0 Å². The summed E-state index contributed by atoms with van der Waals surface area (Å²) in [5.74, 6) is 0.474. The van der Waals surface area contributed by atoms with Crippen LogP contribution in [0.5, 0.6) is 11.5 Å². The highest BCUT2D eigenvalue weighted by molar-refractivity contribution is 5.85. The molecule has 6 nitrogen and oxygen atoms in total. The second kappa shape index (κ2) is 13.8. The fraction of sp³-hybridized carbons (Fsp3) is 0.452. The number of aromatic hydroxyl groups is 2. The van der Waals surface area contributed by atoms with Crippen LogP contribution in [-0.4, -0.2) is 26.4 Å². The maximum atomic E-state index is 12.1. The Labute approximate surface area is 288 Å². The molecule has 0 unspecified atom stereocenters. The maximum Gasteiger partial charge on any atom is 0.128 e. The first kappa shape index (κ1) is 36.8. The third-order valence-corrected chi connectivity index (χ3v) is 8.87. The number of phenolic OH excluding ortho intramolecular Hbond substituents is 2. The summed E-state index contributed by atoms with van der Waals surface area (Å²) in [4.78, 5) is 14.6. The first-order valence-corrected chi connectivity index (χ1v) is 17.0. The Morgan fingerprint density at radius 1 is 0.667 bits per heavy atom. The molecule has 4 aromatic rings. The summed E-state index contributed by atoms with van der Waals surface area (Å²) in [6, 6.07) is 19.0. The maximum absolute atomic E-state index is 12.1. The van der Waals surface area contributed by atoms with E-state index in [0.29, 0.717) is 12.1 Å². The summed E-state index contributed by atoms with van der Waals surface area (Å²) < 4.78 is 0. The van der Waals surface area contributed by atoms with E-state index in [9.17, 15) is 10.2 Å². The number of hydrogen-bond donors (Lipinski definition) is 3. The van der Waals surface area contributed by atoms with Crippen molar-refractivity contribution in [3.05, 3.63) is 118 Å². The molecule has 3 N–H and O–H groups in total. The largest absolute Gasteiger partial charge is 0.507 e. The molecule has 2 heterocycles. The van der Waals surface area contributed by atoms with Gasteiger partial charge in [0, 0.05) is 41.8 Å². The van der Waals surface area contributed by atoms with Crippen molar-refractivity contribution in [2.75, 3.05) is 0 Å². The fourth-order valence-corrected chi connectivity index (χ4v) is 5.81. The van der Waals surface area contributed by atoms with Gasteiger partial charge in [0.05, 0.1) is 17.4 Å². The average Bonchev–Trinajstić information content (AvgIpc) is 2.98. The average molecular weight is 649 g/mol. The van der Waals surface area contributed by atoms with Crippen molar-refractivity contribution >= 4 is 6.21 Å². The molecule has 0 bridgehead atoms. The van der Waals surface area contributed by atoms with Gasteiger partial charge < -0.3 is 15.5 Å². The lowest BCUT2D eigenvalue weighted by Crippen LogP contribution is -2.29. The summed E-state index contributed by atoms with van der Waals surface area (Å²) in [5, 5.41) is 27.5. The molecule has 0 amide bonds. The molecule has 0 saturated carbocycles. The number of benzene rings is 2. The molecule has 0 radical (unpaired) electrons. The van der Waals surface area contributed by atoms with Crippen LogP contribution in [0.15, 0.2) is 78.0 Å². The smallest absolute Gasteiger partial charge is 0.128 e. The highest BCUT2D eigenvalue weighted by Crippen LogP contribution is 2.44. The van der Waals surface area contributed by atoms with E-state index >= 15 is 0 Å². The van der Waals surface area contributed by atoms with E-state index in [-0.39, 0.29) is 33.2 Å². The summed E-state index contributed by atoms with van der Waals surface area (Å²) in [6.07, 6.45) is 5.34. The van der Waals surface area contributed by atoms with Gasteiger partial charge in [-0.15, -0.1) is 0 Å². The minimum Gasteiger partial charge on any atom is -0.507 e. The number of nitrogens with one attached hydrogen (secondary N) is 1. The lowest BCUT2D eigenvalue weighted by molar-refractivity contribution is 0.396. The van der Waals surface area contributed by atoms with Crippen molar-refractivity contribution in [2.45, 2.75) is 123 Å². The molecule has 0 aliphatic heterocycles. The van der Waals surface area contributed by atoms with Gasteiger partial charge in [-0.3, -0.25) is 15.0 Å². The van der Waals surface area contributed by atoms with Crippen LogP contribution in [0.25, 0.3) is 0 Å². The minimum absolute atomic E-state index is 0.133. The molecule has 0 aliphatic rings. The van der Waals surface area contributed by atoms with Crippen LogP contribution < -0.4 is 5.32 Å². The number of rotatable bonds is 8. The van der Waals surface area contributed by atoms with Crippen LogP contribution in [0.2, 0.25) is 0 Å². The molecule has 2 atom stereocenters. The highest BCUT2D eigenvalue weighted by Gasteiger charge is 2.33. The van der Waals surface area contributed by atoms with Crippen LogP contribution in [-0.2, 0) is 28.2 Å². The molecular formula is C42H56N4O2. The standard InChI is InChI=1S/C42H56N4O2/c1-39(2,3)28-21-27(37(47)32(23-28)41(7,8)9)25-45-36(34-18-14-16-20-44-34)35(46-26-30-17-13-15-19-43-30)31-22-29(40(4,5)6)24-33(38(31)48)42(10,11)12/h13-25,35-36,46-48H,26H2,1-12H3/t35-,36+/m0/s1. The van der Waals surface area contributed by atoms with E-state index in [1.165, 1.54) is 0 Å². The normalized spacial score (nSPS) is 14.3. The minimum atomic E-state index is -0.556. The zero-order valence-corrected chi connectivity index (χ0v) is 31.1. The quantitative estimate of drug-likeness (QED) is 0.166. The second-order valence-corrected chi connectivity index (χ2v) is 17.1. The van der Waals surface area contributed by atoms with E-state index in [1.807, 2.05) is 42.5 Å². The van der Waals surface area contributed by atoms with Crippen molar-refractivity contribution in [3.8, 4) is 11.5 Å². The van der Waals surface area contributed by atoms with Crippen LogP contribution >= 0.6 is 0 Å². The van der Waals surface area contributed by atoms with Crippen molar-refractivity contribution in [2.24, 2.45) is 4.99 Å². The fourth-order valence-electron chi connectivity index (χ4n) is 5.81. The second-order valence-electron chi connectivity index (χ2n) is 17.1. The molecule has 4 rings (SSSR count). The topological polar surface area (TPSA) is 90.6 Å². The Kier molecular flexibility index (Phi) is 10.6. The molecule has 2 aromatic heterocycles. The first-order chi connectivity index (χ1) is 22.2. The lowest BCUT2D eigenvalue weighted by Gasteiger charge is -2.32. The Hall–Kier alpha value is -4.03. The number of nitrogens with zero attached hydrogens (tertiary/aromatic N) is 3. The summed E-state index contributed by atoms with van der Waals surface area (Å²) in [7, 11) is 0. The molecule has 48 heavy (non-hydrogen) atoms. The number of aliphatic imine (C=N–C) groups is 1. The Bertz CT molecular complexity index is 1720. The van der Waals surface area contributed by atoms with Crippen molar-refractivity contribution in [1.29, 1.82) is 0 Å². The summed E-state index contributed by atoms with van der Waals surface area (Å²) in [5.41, 5.74) is 6.14.